The second-order valence-electron chi connectivity index (χ2n) is 3.81. The molecule has 3 heteroatoms. The summed E-state index contributed by atoms with van der Waals surface area (Å²) >= 11 is 1.62. The molecule has 0 atom stereocenters. The molecular formula is C14H9O2S. The van der Waals surface area contributed by atoms with E-state index in [-0.39, 0.29) is 0 Å². The van der Waals surface area contributed by atoms with Gasteiger partial charge in [-0.2, -0.15) is 0 Å². The lowest BCUT2D eigenvalue weighted by Gasteiger charge is -2.19. The van der Waals surface area contributed by atoms with Gasteiger partial charge in [0.15, 0.2) is 0 Å². The Hall–Kier alpha value is -1.74. The number of aromatic carboxylic acids is 1. The van der Waals surface area contributed by atoms with Crippen molar-refractivity contribution in [1.29, 1.82) is 0 Å². The van der Waals surface area contributed by atoms with Crippen LogP contribution in [0, 0.1) is 6.42 Å². The van der Waals surface area contributed by atoms with Crippen molar-refractivity contribution in [2.24, 2.45) is 0 Å². The number of carboxylic acids is 1. The maximum atomic E-state index is 11.2. The van der Waals surface area contributed by atoms with Gasteiger partial charge in [-0.1, -0.05) is 36.0 Å². The molecule has 0 aromatic heterocycles. The first-order valence-corrected chi connectivity index (χ1v) is 6.05. The molecule has 17 heavy (non-hydrogen) atoms. The van der Waals surface area contributed by atoms with Crippen LogP contribution in [-0.4, -0.2) is 11.1 Å². The number of hydrogen-bond acceptors (Lipinski definition) is 2. The molecule has 1 radical (unpaired) electrons. The van der Waals surface area contributed by atoms with Crippen molar-refractivity contribution in [3.8, 4) is 0 Å². The van der Waals surface area contributed by atoms with E-state index in [2.05, 4.69) is 0 Å². The zero-order valence-electron chi connectivity index (χ0n) is 8.88. The summed E-state index contributed by atoms with van der Waals surface area (Å²) in [4.78, 5) is 13.3. The van der Waals surface area contributed by atoms with Crippen molar-refractivity contribution in [3.05, 3.63) is 65.6 Å². The van der Waals surface area contributed by atoms with Gasteiger partial charge in [0.05, 0.1) is 5.56 Å². The molecule has 83 valence electrons. The lowest BCUT2D eigenvalue weighted by molar-refractivity contribution is 0.0696. The standard InChI is InChI=1S/C14H9O2S/c15-14(16)10-5-3-7-13-11(10)8-9-4-1-2-6-12(9)17-13/h1-8H,(H,15,16). The molecule has 0 saturated heterocycles. The summed E-state index contributed by atoms with van der Waals surface area (Å²) in [7, 11) is 0. The number of rotatable bonds is 1. The molecule has 0 aliphatic carbocycles. The Morgan fingerprint density at radius 2 is 1.76 bits per heavy atom. The predicted octanol–water partition coefficient (Wildman–Crippen LogP) is 3.45. The number of hydrogen-bond donors (Lipinski definition) is 1. The highest BCUT2D eigenvalue weighted by Gasteiger charge is 2.21. The third-order valence-electron chi connectivity index (χ3n) is 2.74. The molecule has 0 unspecified atom stereocenters. The summed E-state index contributed by atoms with van der Waals surface area (Å²) < 4.78 is 0. The first-order chi connectivity index (χ1) is 8.25. The molecule has 2 aromatic carbocycles. The van der Waals surface area contributed by atoms with Gasteiger partial charge in [0, 0.05) is 16.2 Å². The van der Waals surface area contributed by atoms with Gasteiger partial charge in [0.25, 0.3) is 0 Å². The van der Waals surface area contributed by atoms with Crippen molar-refractivity contribution >= 4 is 17.7 Å². The summed E-state index contributed by atoms with van der Waals surface area (Å²) in [5.41, 5.74) is 2.26. The first-order valence-electron chi connectivity index (χ1n) is 5.23. The van der Waals surface area contributed by atoms with E-state index in [9.17, 15) is 4.79 Å². The van der Waals surface area contributed by atoms with E-state index >= 15 is 0 Å². The van der Waals surface area contributed by atoms with E-state index in [1.54, 1.807) is 23.9 Å². The predicted molar refractivity (Wildman–Crippen MR) is 66.5 cm³/mol. The Kier molecular flexibility index (Phi) is 2.41. The molecule has 0 bridgehead atoms. The largest absolute Gasteiger partial charge is 0.478 e. The van der Waals surface area contributed by atoms with Crippen LogP contribution < -0.4 is 0 Å². The number of fused-ring (bicyclic) bond motifs is 2. The minimum Gasteiger partial charge on any atom is -0.478 e. The summed E-state index contributed by atoms with van der Waals surface area (Å²) in [6.45, 7) is 0. The number of carboxylic acid groups (broad SMARTS) is 1. The highest BCUT2D eigenvalue weighted by Crippen LogP contribution is 2.41. The minimum atomic E-state index is -0.877. The monoisotopic (exact) mass is 241 g/mol. The second kappa shape index (κ2) is 3.93. The van der Waals surface area contributed by atoms with Crippen LogP contribution in [0.25, 0.3) is 0 Å². The molecule has 2 aromatic rings. The van der Waals surface area contributed by atoms with Crippen LogP contribution in [0.3, 0.4) is 0 Å². The van der Waals surface area contributed by atoms with Crippen LogP contribution in [0.15, 0.2) is 52.3 Å². The topological polar surface area (TPSA) is 37.3 Å². The van der Waals surface area contributed by atoms with Crippen LogP contribution in [0.2, 0.25) is 0 Å². The Morgan fingerprint density at radius 3 is 2.59 bits per heavy atom. The molecule has 2 nitrogen and oxygen atoms in total. The molecular weight excluding hydrogens is 232 g/mol. The lowest BCUT2D eigenvalue weighted by Crippen LogP contribution is -2.06. The molecule has 1 heterocycles. The second-order valence-corrected chi connectivity index (χ2v) is 4.89. The Bertz CT molecular complexity index is 605. The van der Waals surface area contributed by atoms with E-state index in [1.807, 2.05) is 36.8 Å². The fourth-order valence-electron chi connectivity index (χ4n) is 1.94. The van der Waals surface area contributed by atoms with Crippen LogP contribution in [0.1, 0.15) is 21.5 Å². The van der Waals surface area contributed by atoms with Crippen molar-refractivity contribution in [1.82, 2.24) is 0 Å². The molecule has 0 saturated carbocycles. The van der Waals surface area contributed by atoms with E-state index < -0.39 is 5.97 Å². The van der Waals surface area contributed by atoms with Crippen LogP contribution in [0.5, 0.6) is 0 Å². The summed E-state index contributed by atoms with van der Waals surface area (Å²) in [6, 6.07) is 13.4. The molecule has 1 aliphatic rings. The summed E-state index contributed by atoms with van der Waals surface area (Å²) in [5.74, 6) is -0.877. The zero-order chi connectivity index (χ0) is 11.8. The van der Waals surface area contributed by atoms with Gasteiger partial charge < -0.3 is 5.11 Å². The van der Waals surface area contributed by atoms with Crippen molar-refractivity contribution in [3.63, 3.8) is 0 Å². The van der Waals surface area contributed by atoms with Gasteiger partial charge in [-0.25, -0.2) is 4.79 Å². The van der Waals surface area contributed by atoms with Gasteiger partial charge in [0.2, 0.25) is 0 Å². The zero-order valence-corrected chi connectivity index (χ0v) is 9.70. The van der Waals surface area contributed by atoms with Crippen LogP contribution >= 0.6 is 11.8 Å². The summed E-state index contributed by atoms with van der Waals surface area (Å²) in [5, 5.41) is 9.16. The van der Waals surface area contributed by atoms with E-state index in [1.165, 1.54) is 4.90 Å². The Morgan fingerprint density at radius 1 is 1.00 bits per heavy atom. The average Bonchev–Trinajstić information content (AvgIpc) is 2.35. The van der Waals surface area contributed by atoms with Crippen molar-refractivity contribution in [2.75, 3.05) is 0 Å². The van der Waals surface area contributed by atoms with Gasteiger partial charge in [0.1, 0.15) is 0 Å². The van der Waals surface area contributed by atoms with Gasteiger partial charge in [-0.15, -0.1) is 0 Å². The van der Waals surface area contributed by atoms with E-state index in [0.717, 1.165) is 16.0 Å². The molecule has 1 N–H and O–H groups in total. The Labute approximate surface area is 103 Å². The minimum absolute atomic E-state index is 0.365. The van der Waals surface area contributed by atoms with Gasteiger partial charge >= 0.3 is 5.97 Å². The van der Waals surface area contributed by atoms with Gasteiger partial charge in [-0.05, 0) is 29.3 Å². The van der Waals surface area contributed by atoms with Crippen molar-refractivity contribution < 1.29 is 9.90 Å². The van der Waals surface area contributed by atoms with Crippen LogP contribution in [-0.2, 0) is 0 Å². The average molecular weight is 241 g/mol. The number of carbonyl (C=O) groups is 1. The quantitative estimate of drug-likeness (QED) is 0.709. The molecule has 0 fully saturated rings. The first kappa shape index (κ1) is 10.4. The fourth-order valence-corrected chi connectivity index (χ4v) is 2.99. The normalized spacial score (nSPS) is 12.7. The van der Waals surface area contributed by atoms with Crippen molar-refractivity contribution in [2.45, 2.75) is 9.79 Å². The highest BCUT2D eigenvalue weighted by molar-refractivity contribution is 7.99. The van der Waals surface area contributed by atoms with Gasteiger partial charge in [-0.3, -0.25) is 0 Å². The maximum Gasteiger partial charge on any atom is 0.336 e. The molecule has 0 spiro atoms. The lowest BCUT2D eigenvalue weighted by atomic mass is 9.99. The third kappa shape index (κ3) is 1.72. The smallest absolute Gasteiger partial charge is 0.336 e. The van der Waals surface area contributed by atoms with Crippen LogP contribution in [0.4, 0.5) is 0 Å². The number of benzene rings is 2. The van der Waals surface area contributed by atoms with E-state index in [0.29, 0.717) is 5.56 Å². The fraction of sp³-hybridized carbons (Fsp3) is 0. The SMILES string of the molecule is O=C(O)c1cccc2c1[CH]c1ccccc1S2. The third-order valence-corrected chi connectivity index (χ3v) is 3.90. The summed E-state index contributed by atoms with van der Waals surface area (Å²) in [6.07, 6.45) is 1.95. The molecule has 3 rings (SSSR count). The maximum absolute atomic E-state index is 11.2. The highest BCUT2D eigenvalue weighted by atomic mass is 32.2. The molecule has 1 aliphatic heterocycles. The van der Waals surface area contributed by atoms with E-state index in [4.69, 9.17) is 5.11 Å². The molecule has 0 amide bonds. The Balaban J connectivity index is 2.15.